The Balaban J connectivity index is 2.34. The van der Waals surface area contributed by atoms with Gasteiger partial charge < -0.3 is 5.32 Å². The molecule has 2 aromatic carbocycles. The lowest BCUT2D eigenvalue weighted by molar-refractivity contribution is -0.114. The van der Waals surface area contributed by atoms with Crippen LogP contribution in [0.25, 0.3) is 16.8 Å². The van der Waals surface area contributed by atoms with Crippen molar-refractivity contribution in [1.29, 1.82) is 5.26 Å². The van der Waals surface area contributed by atoms with Crippen LogP contribution in [0.3, 0.4) is 0 Å². The zero-order valence-corrected chi connectivity index (χ0v) is 17.5. The van der Waals surface area contributed by atoms with Crippen LogP contribution in [0.4, 0.5) is 5.69 Å². The molecule has 1 N–H and O–H groups in total. The molecule has 5 heteroatoms. The van der Waals surface area contributed by atoms with E-state index in [1.165, 1.54) is 6.92 Å². The van der Waals surface area contributed by atoms with E-state index in [1.54, 1.807) is 10.6 Å². The van der Waals surface area contributed by atoms with E-state index in [1.807, 2.05) is 55.5 Å². The number of nitrogens with one attached hydrogen (secondary N) is 1. The Bertz CT molecular complexity index is 1190. The van der Waals surface area contributed by atoms with Gasteiger partial charge in [-0.05, 0) is 43.5 Å². The maximum atomic E-state index is 13.5. The molecule has 0 spiro atoms. The number of carbonyl (C=O) groups is 1. The number of para-hydroxylation sites is 1. The number of pyridine rings is 1. The molecule has 0 aliphatic rings. The molecule has 1 heterocycles. The summed E-state index contributed by atoms with van der Waals surface area (Å²) in [6.45, 7) is 5.34. The summed E-state index contributed by atoms with van der Waals surface area (Å²) in [5.41, 5.74) is 4.45. The van der Waals surface area contributed by atoms with E-state index in [4.69, 9.17) is 0 Å². The van der Waals surface area contributed by atoms with Gasteiger partial charge in [-0.1, -0.05) is 49.7 Å². The summed E-state index contributed by atoms with van der Waals surface area (Å²) in [6, 6.07) is 19.1. The van der Waals surface area contributed by atoms with Crippen LogP contribution in [0.15, 0.2) is 59.4 Å². The van der Waals surface area contributed by atoms with Crippen LogP contribution in [-0.2, 0) is 11.2 Å². The number of nitrogens with zero attached hydrogens (tertiary/aromatic N) is 2. The van der Waals surface area contributed by atoms with Crippen molar-refractivity contribution < 1.29 is 4.79 Å². The Morgan fingerprint density at radius 3 is 2.43 bits per heavy atom. The molecule has 1 amide bonds. The summed E-state index contributed by atoms with van der Waals surface area (Å²) < 4.78 is 1.68. The van der Waals surface area contributed by atoms with Gasteiger partial charge in [0.25, 0.3) is 5.56 Å². The first-order valence-corrected chi connectivity index (χ1v) is 10.1. The molecule has 0 bridgehead atoms. The molecule has 0 aliphatic heterocycles. The minimum absolute atomic E-state index is 0.266. The van der Waals surface area contributed by atoms with Gasteiger partial charge in [0.2, 0.25) is 5.91 Å². The van der Waals surface area contributed by atoms with Crippen LogP contribution < -0.4 is 10.9 Å². The third-order valence-corrected chi connectivity index (χ3v) is 5.05. The zero-order valence-electron chi connectivity index (χ0n) is 17.5. The Kier molecular flexibility index (Phi) is 6.48. The first-order valence-electron chi connectivity index (χ1n) is 10.1. The van der Waals surface area contributed by atoms with E-state index < -0.39 is 0 Å². The smallest absolute Gasteiger partial charge is 0.279 e. The summed E-state index contributed by atoms with van der Waals surface area (Å²) in [6.07, 6.45) is 2.68. The third-order valence-electron chi connectivity index (χ3n) is 5.05. The highest BCUT2D eigenvalue weighted by Gasteiger charge is 2.18. The van der Waals surface area contributed by atoms with E-state index in [2.05, 4.69) is 18.3 Å². The number of unbranched alkanes of at least 4 members (excludes halogenated alkanes) is 1. The number of hydrogen-bond donors (Lipinski definition) is 1. The lowest BCUT2D eigenvalue weighted by Crippen LogP contribution is -2.28. The van der Waals surface area contributed by atoms with Crippen molar-refractivity contribution in [2.75, 3.05) is 5.32 Å². The van der Waals surface area contributed by atoms with Gasteiger partial charge in [0, 0.05) is 23.7 Å². The number of rotatable bonds is 6. The monoisotopic (exact) mass is 399 g/mol. The Hall–Kier alpha value is -3.65. The molecule has 0 atom stereocenters. The maximum Gasteiger partial charge on any atom is 0.279 e. The molecule has 0 saturated heterocycles. The fourth-order valence-corrected chi connectivity index (χ4v) is 3.64. The van der Waals surface area contributed by atoms with Gasteiger partial charge in [-0.15, -0.1) is 0 Å². The first kappa shape index (κ1) is 21.1. The predicted octanol–water partition coefficient (Wildman–Crippen LogP) is 4.99. The van der Waals surface area contributed by atoms with Crippen molar-refractivity contribution >= 4 is 11.6 Å². The van der Waals surface area contributed by atoms with Gasteiger partial charge in [-0.3, -0.25) is 14.2 Å². The number of amides is 1. The number of anilines is 1. The van der Waals surface area contributed by atoms with E-state index >= 15 is 0 Å². The van der Waals surface area contributed by atoms with Gasteiger partial charge in [0.15, 0.2) is 0 Å². The molecule has 0 aliphatic carbocycles. The van der Waals surface area contributed by atoms with Gasteiger partial charge in [-0.25, -0.2) is 0 Å². The van der Waals surface area contributed by atoms with Crippen molar-refractivity contribution in [3.63, 3.8) is 0 Å². The second-order valence-corrected chi connectivity index (χ2v) is 7.29. The summed E-state index contributed by atoms with van der Waals surface area (Å²) >= 11 is 0. The normalized spacial score (nSPS) is 10.5. The minimum Gasteiger partial charge on any atom is -0.321 e. The molecule has 0 radical (unpaired) electrons. The molecule has 0 saturated carbocycles. The minimum atomic E-state index is -0.286. The Morgan fingerprint density at radius 1 is 1.10 bits per heavy atom. The van der Waals surface area contributed by atoms with E-state index in [9.17, 15) is 14.9 Å². The second-order valence-electron chi connectivity index (χ2n) is 7.29. The van der Waals surface area contributed by atoms with Crippen LogP contribution in [-0.4, -0.2) is 10.5 Å². The van der Waals surface area contributed by atoms with Crippen LogP contribution in [0.5, 0.6) is 0 Å². The van der Waals surface area contributed by atoms with E-state index in [-0.39, 0.29) is 17.2 Å². The van der Waals surface area contributed by atoms with Crippen molar-refractivity contribution in [2.24, 2.45) is 0 Å². The summed E-state index contributed by atoms with van der Waals surface area (Å²) in [5, 5.41) is 12.3. The quantitative estimate of drug-likeness (QED) is 0.635. The lowest BCUT2D eigenvalue weighted by Gasteiger charge is -2.20. The predicted molar refractivity (Wildman–Crippen MR) is 120 cm³/mol. The molecule has 0 unspecified atom stereocenters. The summed E-state index contributed by atoms with van der Waals surface area (Å²) in [4.78, 5) is 25.2. The molecular formula is C25H25N3O2. The average molecular weight is 399 g/mol. The number of nitriles is 1. The van der Waals surface area contributed by atoms with Crippen LogP contribution in [0.2, 0.25) is 0 Å². The highest BCUT2D eigenvalue weighted by molar-refractivity contribution is 5.89. The van der Waals surface area contributed by atoms with Gasteiger partial charge >= 0.3 is 0 Å². The van der Waals surface area contributed by atoms with Crippen molar-refractivity contribution in [1.82, 2.24) is 4.57 Å². The number of carbonyl (C=O) groups excluding carboxylic acids is 1. The zero-order chi connectivity index (χ0) is 21.7. The maximum absolute atomic E-state index is 13.5. The van der Waals surface area contributed by atoms with Gasteiger partial charge in [-0.2, -0.15) is 5.26 Å². The first-order chi connectivity index (χ1) is 14.5. The van der Waals surface area contributed by atoms with Crippen LogP contribution in [0.1, 0.15) is 43.5 Å². The van der Waals surface area contributed by atoms with Gasteiger partial charge in [0.1, 0.15) is 5.69 Å². The van der Waals surface area contributed by atoms with Crippen molar-refractivity contribution in [2.45, 2.75) is 40.0 Å². The molecule has 5 nitrogen and oxygen atoms in total. The fraction of sp³-hybridized carbons (Fsp3) is 0.240. The third kappa shape index (κ3) is 4.18. The molecule has 3 rings (SSSR count). The van der Waals surface area contributed by atoms with Crippen molar-refractivity contribution in [3.8, 4) is 22.9 Å². The Morgan fingerprint density at radius 2 is 1.77 bits per heavy atom. The van der Waals surface area contributed by atoms with Crippen molar-refractivity contribution in [3.05, 3.63) is 81.8 Å². The fourth-order valence-electron chi connectivity index (χ4n) is 3.64. The second kappa shape index (κ2) is 9.23. The topological polar surface area (TPSA) is 74.9 Å². The van der Waals surface area contributed by atoms with Crippen LogP contribution >= 0.6 is 0 Å². The van der Waals surface area contributed by atoms with Crippen LogP contribution in [0, 0.1) is 18.3 Å². The summed E-state index contributed by atoms with van der Waals surface area (Å²) in [5.74, 6) is -0.286. The highest BCUT2D eigenvalue weighted by Crippen LogP contribution is 2.30. The largest absolute Gasteiger partial charge is 0.321 e. The number of aromatic nitrogens is 1. The Labute approximate surface area is 176 Å². The highest BCUT2D eigenvalue weighted by atomic mass is 16.2. The molecule has 152 valence electrons. The molecular weight excluding hydrogens is 374 g/mol. The SMILES string of the molecule is CCCCc1cc(C)c(NC(C)=O)c(=O)n1-c1ccccc1-c1ccccc1C#N. The molecule has 0 fully saturated rings. The standard InChI is InChI=1S/C25H25N3O2/c1-4-5-11-20-15-17(2)24(27-18(3)29)25(30)28(20)23-14-9-8-13-22(23)21-12-7-6-10-19(21)16-26/h6-10,12-15H,4-5,11H2,1-3H3,(H,27,29). The van der Waals surface area contributed by atoms with E-state index in [0.717, 1.165) is 41.6 Å². The van der Waals surface area contributed by atoms with Gasteiger partial charge in [0.05, 0.1) is 17.3 Å². The molecule has 1 aromatic heterocycles. The number of aryl methyl sites for hydroxylation is 2. The average Bonchev–Trinajstić information content (AvgIpc) is 2.75. The lowest BCUT2D eigenvalue weighted by atomic mass is 9.98. The summed E-state index contributed by atoms with van der Waals surface area (Å²) in [7, 11) is 0. The number of hydrogen-bond acceptors (Lipinski definition) is 3. The number of benzene rings is 2. The van der Waals surface area contributed by atoms with E-state index in [0.29, 0.717) is 11.3 Å². The molecule has 30 heavy (non-hydrogen) atoms. The molecule has 3 aromatic rings.